The summed E-state index contributed by atoms with van der Waals surface area (Å²) in [5, 5.41) is 3.79. The van der Waals surface area contributed by atoms with Gasteiger partial charge < -0.3 is 10.1 Å². The number of rotatable bonds is 6. The smallest absolute Gasteiger partial charge is 0.0810 e. The predicted molar refractivity (Wildman–Crippen MR) is 88.6 cm³/mol. The summed E-state index contributed by atoms with van der Waals surface area (Å²) in [6.45, 7) is 3.47. The van der Waals surface area contributed by atoms with Crippen molar-refractivity contribution in [2.45, 2.75) is 108 Å². The largest absolute Gasteiger partial charge is 0.370 e. The highest BCUT2D eigenvalue weighted by molar-refractivity contribution is 4.92. The van der Waals surface area contributed by atoms with E-state index in [2.05, 4.69) is 12.2 Å². The van der Waals surface area contributed by atoms with Gasteiger partial charge in [0.1, 0.15) is 0 Å². The molecule has 3 aliphatic carbocycles. The van der Waals surface area contributed by atoms with Crippen LogP contribution in [0.1, 0.15) is 90.4 Å². The molecule has 3 aliphatic rings. The molecule has 0 aromatic carbocycles. The van der Waals surface area contributed by atoms with E-state index in [9.17, 15) is 0 Å². The van der Waals surface area contributed by atoms with Gasteiger partial charge in [0.2, 0.25) is 0 Å². The molecule has 0 saturated heterocycles. The van der Waals surface area contributed by atoms with Crippen LogP contribution in [0.15, 0.2) is 0 Å². The monoisotopic (exact) mass is 293 g/mol. The molecule has 21 heavy (non-hydrogen) atoms. The zero-order valence-corrected chi connectivity index (χ0v) is 14.0. The summed E-state index contributed by atoms with van der Waals surface area (Å²) < 4.78 is 6.92. The average molecular weight is 293 g/mol. The molecule has 0 spiro atoms. The van der Waals surface area contributed by atoms with E-state index in [0.717, 1.165) is 18.5 Å². The lowest BCUT2D eigenvalue weighted by Gasteiger charge is -2.41. The lowest BCUT2D eigenvalue weighted by atomic mass is 9.83. The number of nitrogens with one attached hydrogen (secondary N) is 1. The fourth-order valence-electron chi connectivity index (χ4n) is 4.44. The third kappa shape index (κ3) is 4.45. The maximum atomic E-state index is 6.92. The van der Waals surface area contributed by atoms with Crippen LogP contribution in [0, 0.1) is 5.92 Å². The van der Waals surface area contributed by atoms with Gasteiger partial charge in [-0.1, -0.05) is 51.9 Å². The highest BCUT2D eigenvalue weighted by Gasteiger charge is 2.38. The van der Waals surface area contributed by atoms with Crippen LogP contribution < -0.4 is 5.32 Å². The summed E-state index contributed by atoms with van der Waals surface area (Å²) in [5.41, 5.74) is 0.161. The van der Waals surface area contributed by atoms with Gasteiger partial charge in [0.25, 0.3) is 0 Å². The highest BCUT2D eigenvalue weighted by atomic mass is 16.5. The van der Waals surface area contributed by atoms with Crippen molar-refractivity contribution in [2.75, 3.05) is 6.54 Å². The molecule has 2 nitrogen and oxygen atoms in total. The first-order valence-corrected chi connectivity index (χ1v) is 9.72. The van der Waals surface area contributed by atoms with Crippen LogP contribution >= 0.6 is 0 Å². The first-order chi connectivity index (χ1) is 10.3. The quantitative estimate of drug-likeness (QED) is 0.709. The molecule has 0 heterocycles. The van der Waals surface area contributed by atoms with Gasteiger partial charge >= 0.3 is 0 Å². The molecule has 1 N–H and O–H groups in total. The van der Waals surface area contributed by atoms with E-state index >= 15 is 0 Å². The van der Waals surface area contributed by atoms with Crippen molar-refractivity contribution in [3.63, 3.8) is 0 Å². The van der Waals surface area contributed by atoms with Gasteiger partial charge in [0.05, 0.1) is 11.7 Å². The molecule has 0 amide bonds. The zero-order valence-electron chi connectivity index (χ0n) is 14.0. The standard InChI is InChI=1S/C19H35NO/c1-2-16-9-5-6-10-18(16)21-19(15-20-17-11-12-17)13-7-3-4-8-14-19/h16-18,20H,2-15H2,1H3. The molecule has 2 atom stereocenters. The van der Waals surface area contributed by atoms with Gasteiger partial charge in [-0.05, 0) is 44.4 Å². The van der Waals surface area contributed by atoms with E-state index in [0.29, 0.717) is 6.10 Å². The summed E-state index contributed by atoms with van der Waals surface area (Å²) in [4.78, 5) is 0. The first kappa shape index (κ1) is 15.8. The Morgan fingerprint density at radius 3 is 2.29 bits per heavy atom. The van der Waals surface area contributed by atoms with E-state index in [-0.39, 0.29) is 5.60 Å². The van der Waals surface area contributed by atoms with Crippen molar-refractivity contribution >= 4 is 0 Å². The second kappa shape index (κ2) is 7.46. The van der Waals surface area contributed by atoms with Gasteiger partial charge in [-0.2, -0.15) is 0 Å². The van der Waals surface area contributed by atoms with Crippen LogP contribution in [-0.4, -0.2) is 24.3 Å². The molecule has 122 valence electrons. The number of hydrogen-bond donors (Lipinski definition) is 1. The summed E-state index contributed by atoms with van der Waals surface area (Å²) in [5.74, 6) is 0.819. The minimum atomic E-state index is 0.161. The Labute approximate surface area is 131 Å². The van der Waals surface area contributed by atoms with Crippen molar-refractivity contribution in [3.8, 4) is 0 Å². The Hall–Kier alpha value is -0.0800. The normalized spacial score (nSPS) is 33.6. The van der Waals surface area contributed by atoms with Crippen LogP contribution in [-0.2, 0) is 4.74 Å². The summed E-state index contributed by atoms with van der Waals surface area (Å²) in [6, 6.07) is 0.807. The topological polar surface area (TPSA) is 21.3 Å². The Morgan fingerprint density at radius 1 is 0.905 bits per heavy atom. The first-order valence-electron chi connectivity index (χ1n) is 9.72. The fourth-order valence-corrected chi connectivity index (χ4v) is 4.44. The Bertz CT molecular complexity index is 305. The second-order valence-corrected chi connectivity index (χ2v) is 7.86. The SMILES string of the molecule is CCC1CCCCC1OC1(CNC2CC2)CCCCCC1. The summed E-state index contributed by atoms with van der Waals surface area (Å²) >= 11 is 0. The van der Waals surface area contributed by atoms with Crippen LogP contribution in [0.2, 0.25) is 0 Å². The molecule has 0 bridgehead atoms. The molecule has 2 unspecified atom stereocenters. The molecular formula is C19H35NO. The van der Waals surface area contributed by atoms with Crippen molar-refractivity contribution < 1.29 is 4.74 Å². The molecule has 0 aromatic rings. The molecule has 0 radical (unpaired) electrons. The second-order valence-electron chi connectivity index (χ2n) is 7.86. The van der Waals surface area contributed by atoms with Crippen molar-refractivity contribution in [3.05, 3.63) is 0 Å². The van der Waals surface area contributed by atoms with Crippen LogP contribution in [0.3, 0.4) is 0 Å². The lowest BCUT2D eigenvalue weighted by Crippen LogP contribution is -2.47. The molecule has 3 saturated carbocycles. The Kier molecular flexibility index (Phi) is 5.61. The van der Waals surface area contributed by atoms with Gasteiger partial charge in [-0.3, -0.25) is 0 Å². The van der Waals surface area contributed by atoms with E-state index < -0.39 is 0 Å². The third-order valence-corrected chi connectivity index (χ3v) is 6.07. The molecular weight excluding hydrogens is 258 g/mol. The van der Waals surface area contributed by atoms with Gasteiger partial charge in [0.15, 0.2) is 0 Å². The minimum Gasteiger partial charge on any atom is -0.370 e. The Morgan fingerprint density at radius 2 is 1.62 bits per heavy atom. The van der Waals surface area contributed by atoms with E-state index in [1.807, 2.05) is 0 Å². The van der Waals surface area contributed by atoms with Crippen molar-refractivity contribution in [1.29, 1.82) is 0 Å². The molecule has 0 aromatic heterocycles. The molecule has 3 fully saturated rings. The fraction of sp³-hybridized carbons (Fsp3) is 1.00. The molecule has 3 rings (SSSR count). The van der Waals surface area contributed by atoms with E-state index in [4.69, 9.17) is 4.74 Å². The average Bonchev–Trinajstić information content (AvgIpc) is 3.34. The van der Waals surface area contributed by atoms with Crippen LogP contribution in [0.4, 0.5) is 0 Å². The lowest BCUT2D eigenvalue weighted by molar-refractivity contribution is -0.132. The predicted octanol–water partition coefficient (Wildman–Crippen LogP) is 4.82. The van der Waals surface area contributed by atoms with Crippen LogP contribution in [0.5, 0.6) is 0 Å². The number of hydrogen-bond acceptors (Lipinski definition) is 2. The van der Waals surface area contributed by atoms with Gasteiger partial charge in [-0.25, -0.2) is 0 Å². The third-order valence-electron chi connectivity index (χ3n) is 6.07. The number of ether oxygens (including phenoxy) is 1. The Balaban J connectivity index is 1.64. The maximum Gasteiger partial charge on any atom is 0.0810 e. The maximum absolute atomic E-state index is 6.92. The summed E-state index contributed by atoms with van der Waals surface area (Å²) in [7, 11) is 0. The van der Waals surface area contributed by atoms with Gasteiger partial charge in [-0.15, -0.1) is 0 Å². The zero-order chi connectivity index (χ0) is 14.5. The van der Waals surface area contributed by atoms with Crippen molar-refractivity contribution in [2.24, 2.45) is 5.92 Å². The minimum absolute atomic E-state index is 0.161. The summed E-state index contributed by atoms with van der Waals surface area (Å²) in [6.07, 6.45) is 18.3. The highest BCUT2D eigenvalue weighted by Crippen LogP contribution is 2.37. The van der Waals surface area contributed by atoms with E-state index in [1.54, 1.807) is 0 Å². The van der Waals surface area contributed by atoms with E-state index in [1.165, 1.54) is 83.5 Å². The molecule has 0 aliphatic heterocycles. The molecule has 2 heteroatoms. The van der Waals surface area contributed by atoms with Crippen molar-refractivity contribution in [1.82, 2.24) is 5.32 Å². The van der Waals surface area contributed by atoms with Crippen LogP contribution in [0.25, 0.3) is 0 Å². The van der Waals surface area contributed by atoms with Gasteiger partial charge in [0, 0.05) is 12.6 Å².